The Morgan fingerprint density at radius 2 is 1.78 bits per heavy atom. The molecule has 6 heteroatoms. The second-order valence-corrected chi connectivity index (χ2v) is 7.37. The second-order valence-electron chi connectivity index (χ2n) is 7.37. The zero-order chi connectivity index (χ0) is 22.5. The van der Waals surface area contributed by atoms with Crippen molar-refractivity contribution in [1.82, 2.24) is 4.98 Å². The molecule has 0 radical (unpaired) electrons. The van der Waals surface area contributed by atoms with Crippen molar-refractivity contribution in [2.24, 2.45) is 5.73 Å². The minimum absolute atomic E-state index is 0.164. The van der Waals surface area contributed by atoms with Gasteiger partial charge in [-0.25, -0.2) is 0 Å². The first-order valence-electron chi connectivity index (χ1n) is 10.2. The van der Waals surface area contributed by atoms with Gasteiger partial charge < -0.3 is 15.4 Å². The molecule has 6 nitrogen and oxygen atoms in total. The van der Waals surface area contributed by atoms with E-state index in [0.717, 1.165) is 33.5 Å². The first-order chi connectivity index (χ1) is 15.6. The van der Waals surface area contributed by atoms with Gasteiger partial charge in [-0.2, -0.15) is 0 Å². The van der Waals surface area contributed by atoms with Gasteiger partial charge in [0.15, 0.2) is 0 Å². The van der Waals surface area contributed by atoms with E-state index in [-0.39, 0.29) is 5.91 Å². The van der Waals surface area contributed by atoms with E-state index >= 15 is 0 Å². The molecule has 2 N–H and O–H groups in total. The maximum atomic E-state index is 12.1. The van der Waals surface area contributed by atoms with Gasteiger partial charge in [-0.1, -0.05) is 42.5 Å². The van der Waals surface area contributed by atoms with Gasteiger partial charge in [-0.3, -0.25) is 14.6 Å². The number of pyridine rings is 1. The summed E-state index contributed by atoms with van der Waals surface area (Å²) in [4.78, 5) is 29.0. The zero-order valence-electron chi connectivity index (χ0n) is 17.7. The molecule has 0 saturated carbocycles. The van der Waals surface area contributed by atoms with E-state index in [9.17, 15) is 9.59 Å². The summed E-state index contributed by atoms with van der Waals surface area (Å²) in [5.74, 6) is 0.576. The fourth-order valence-corrected chi connectivity index (χ4v) is 3.72. The predicted octanol–water partition coefficient (Wildman–Crippen LogP) is 4.12. The number of carbonyl (C=O) groups is 2. The lowest BCUT2D eigenvalue weighted by atomic mass is 10.1. The molecule has 5 rings (SSSR count). The lowest BCUT2D eigenvalue weighted by Crippen LogP contribution is -2.25. The van der Waals surface area contributed by atoms with Gasteiger partial charge in [0.2, 0.25) is 11.8 Å². The van der Waals surface area contributed by atoms with Crippen molar-refractivity contribution in [1.29, 1.82) is 0 Å². The Morgan fingerprint density at radius 3 is 2.53 bits per heavy atom. The maximum absolute atomic E-state index is 12.1. The maximum Gasteiger partial charge on any atom is 0.249 e. The van der Waals surface area contributed by atoms with Gasteiger partial charge in [-0.05, 0) is 47.5 Å². The third-order valence-electron chi connectivity index (χ3n) is 5.34. The van der Waals surface area contributed by atoms with Crippen LogP contribution in [0.25, 0.3) is 10.9 Å². The SMILES string of the molecule is COc1ccc(CN2C(=O)Cc3ccccc32)cc1.NC(=O)c1cccc2ncccc12. The van der Waals surface area contributed by atoms with Crippen LogP contribution in [0.15, 0.2) is 85.1 Å². The van der Waals surface area contributed by atoms with E-state index in [1.807, 2.05) is 65.6 Å². The molecule has 1 aliphatic rings. The van der Waals surface area contributed by atoms with Crippen LogP contribution in [0.3, 0.4) is 0 Å². The molecule has 1 aromatic heterocycles. The fraction of sp³-hybridized carbons (Fsp3) is 0.115. The van der Waals surface area contributed by atoms with Crippen LogP contribution in [-0.2, 0) is 17.8 Å². The number of aromatic nitrogens is 1. The highest BCUT2D eigenvalue weighted by molar-refractivity contribution is 6.05. The van der Waals surface area contributed by atoms with E-state index in [4.69, 9.17) is 10.5 Å². The standard InChI is InChI=1S/C16H15NO2.C10H8N2O/c1-19-14-8-6-12(7-9-14)11-17-15-5-3-2-4-13(15)10-16(17)18;11-10(13)8-3-1-5-9-7(8)4-2-6-12-9/h2-9H,10-11H2,1H3;1-6H,(H2,11,13). The molecular weight excluding hydrogens is 402 g/mol. The summed E-state index contributed by atoms with van der Waals surface area (Å²) >= 11 is 0. The number of nitrogens with two attached hydrogens (primary N) is 1. The highest BCUT2D eigenvalue weighted by Crippen LogP contribution is 2.30. The molecule has 1 aliphatic heterocycles. The number of primary amides is 1. The molecule has 0 unspecified atom stereocenters. The van der Waals surface area contributed by atoms with Crippen molar-refractivity contribution in [2.45, 2.75) is 13.0 Å². The number of amides is 2. The number of hydrogen-bond acceptors (Lipinski definition) is 4. The van der Waals surface area contributed by atoms with Crippen molar-refractivity contribution in [3.63, 3.8) is 0 Å². The van der Waals surface area contributed by atoms with Crippen molar-refractivity contribution in [2.75, 3.05) is 12.0 Å². The number of anilines is 1. The predicted molar refractivity (Wildman–Crippen MR) is 125 cm³/mol. The molecule has 0 spiro atoms. The van der Waals surface area contributed by atoms with Gasteiger partial charge in [0, 0.05) is 22.8 Å². The van der Waals surface area contributed by atoms with Gasteiger partial charge in [0.05, 0.1) is 25.6 Å². The normalized spacial score (nSPS) is 12.2. The number of methoxy groups -OCH3 is 1. The van der Waals surface area contributed by atoms with Crippen LogP contribution in [-0.4, -0.2) is 23.9 Å². The molecule has 0 aliphatic carbocycles. The molecule has 0 fully saturated rings. The van der Waals surface area contributed by atoms with Gasteiger partial charge in [0.25, 0.3) is 0 Å². The van der Waals surface area contributed by atoms with E-state index in [0.29, 0.717) is 18.5 Å². The minimum Gasteiger partial charge on any atom is -0.497 e. The van der Waals surface area contributed by atoms with Crippen LogP contribution in [0.4, 0.5) is 5.69 Å². The molecule has 0 bridgehead atoms. The summed E-state index contributed by atoms with van der Waals surface area (Å²) < 4.78 is 5.14. The molecule has 4 aromatic rings. The Balaban J connectivity index is 0.000000165. The first kappa shape index (κ1) is 21.1. The van der Waals surface area contributed by atoms with Crippen molar-refractivity contribution in [3.8, 4) is 5.75 Å². The molecule has 32 heavy (non-hydrogen) atoms. The lowest BCUT2D eigenvalue weighted by molar-refractivity contribution is -0.117. The topological polar surface area (TPSA) is 85.5 Å². The third kappa shape index (κ3) is 4.44. The number of ether oxygens (including phenoxy) is 1. The van der Waals surface area contributed by atoms with Crippen LogP contribution in [0.5, 0.6) is 5.75 Å². The Labute approximate surface area is 186 Å². The highest BCUT2D eigenvalue weighted by Gasteiger charge is 2.26. The van der Waals surface area contributed by atoms with Crippen LogP contribution >= 0.6 is 0 Å². The zero-order valence-corrected chi connectivity index (χ0v) is 17.7. The molecular formula is C26H23N3O3. The van der Waals surface area contributed by atoms with Crippen molar-refractivity contribution >= 4 is 28.4 Å². The van der Waals surface area contributed by atoms with E-state index in [2.05, 4.69) is 4.98 Å². The summed E-state index contributed by atoms with van der Waals surface area (Å²) in [6.45, 7) is 0.611. The van der Waals surface area contributed by atoms with E-state index < -0.39 is 5.91 Å². The smallest absolute Gasteiger partial charge is 0.249 e. The summed E-state index contributed by atoms with van der Waals surface area (Å²) in [6.07, 6.45) is 2.19. The molecule has 2 amide bonds. The lowest BCUT2D eigenvalue weighted by Gasteiger charge is -2.17. The van der Waals surface area contributed by atoms with Crippen LogP contribution in [0.2, 0.25) is 0 Å². The number of benzene rings is 3. The quantitative estimate of drug-likeness (QED) is 0.533. The number of nitrogens with zero attached hydrogens (tertiary/aromatic N) is 2. The summed E-state index contributed by atoms with van der Waals surface area (Å²) in [5.41, 5.74) is 9.77. The third-order valence-corrected chi connectivity index (χ3v) is 5.34. The largest absolute Gasteiger partial charge is 0.497 e. The summed E-state index contributed by atoms with van der Waals surface area (Å²) in [6, 6.07) is 24.7. The fourth-order valence-electron chi connectivity index (χ4n) is 3.72. The Morgan fingerprint density at radius 1 is 1.00 bits per heavy atom. The number of fused-ring (bicyclic) bond motifs is 2. The average Bonchev–Trinajstić information content (AvgIpc) is 3.14. The Hall–Kier alpha value is -4.19. The molecule has 2 heterocycles. The van der Waals surface area contributed by atoms with Crippen LogP contribution < -0.4 is 15.4 Å². The Kier molecular flexibility index (Phi) is 6.12. The van der Waals surface area contributed by atoms with Gasteiger partial charge >= 0.3 is 0 Å². The van der Waals surface area contributed by atoms with E-state index in [1.165, 1.54) is 0 Å². The number of para-hydroxylation sites is 1. The molecule has 0 atom stereocenters. The average molecular weight is 425 g/mol. The molecule has 3 aromatic carbocycles. The first-order valence-corrected chi connectivity index (χ1v) is 10.2. The highest BCUT2D eigenvalue weighted by atomic mass is 16.5. The molecule has 160 valence electrons. The minimum atomic E-state index is -0.418. The van der Waals surface area contributed by atoms with Gasteiger partial charge in [-0.15, -0.1) is 0 Å². The Bertz CT molecular complexity index is 1260. The van der Waals surface area contributed by atoms with Crippen LogP contribution in [0, 0.1) is 0 Å². The van der Waals surface area contributed by atoms with Crippen LogP contribution in [0.1, 0.15) is 21.5 Å². The molecule has 0 saturated heterocycles. The number of carbonyl (C=O) groups excluding carboxylic acids is 2. The van der Waals surface area contributed by atoms with Crippen molar-refractivity contribution < 1.29 is 14.3 Å². The van der Waals surface area contributed by atoms with Crippen molar-refractivity contribution in [3.05, 3.63) is 102 Å². The number of hydrogen-bond donors (Lipinski definition) is 1. The monoisotopic (exact) mass is 425 g/mol. The summed E-state index contributed by atoms with van der Waals surface area (Å²) in [5, 5.41) is 0.803. The van der Waals surface area contributed by atoms with E-state index in [1.54, 1.807) is 31.5 Å². The van der Waals surface area contributed by atoms with Gasteiger partial charge in [0.1, 0.15) is 5.75 Å². The number of rotatable bonds is 4. The summed E-state index contributed by atoms with van der Waals surface area (Å²) in [7, 11) is 1.65. The second kappa shape index (κ2) is 9.31.